The van der Waals surface area contributed by atoms with Crippen molar-refractivity contribution in [2.75, 3.05) is 13.1 Å². The fourth-order valence-electron chi connectivity index (χ4n) is 1.33. The van der Waals surface area contributed by atoms with Crippen molar-refractivity contribution in [2.45, 2.75) is 53.1 Å². The van der Waals surface area contributed by atoms with Crippen LogP contribution in [0.5, 0.6) is 0 Å². The summed E-state index contributed by atoms with van der Waals surface area (Å²) >= 11 is 0. The molecule has 0 spiro atoms. The quantitative estimate of drug-likeness (QED) is 0.663. The van der Waals surface area contributed by atoms with E-state index in [1.165, 1.54) is 6.42 Å². The lowest BCUT2D eigenvalue weighted by molar-refractivity contribution is 0.00510. The highest BCUT2D eigenvalue weighted by atomic mass is 16.3. The van der Waals surface area contributed by atoms with Crippen molar-refractivity contribution in [2.24, 2.45) is 11.8 Å². The summed E-state index contributed by atoms with van der Waals surface area (Å²) in [6.07, 6.45) is 2.22. The van der Waals surface area contributed by atoms with E-state index in [2.05, 4.69) is 33.0 Å². The molecule has 0 aromatic heterocycles. The fraction of sp³-hybridized carbons (Fsp3) is 1.00. The van der Waals surface area contributed by atoms with Gasteiger partial charge in [-0.05, 0) is 25.3 Å². The highest BCUT2D eigenvalue weighted by Crippen LogP contribution is 2.18. The van der Waals surface area contributed by atoms with Crippen LogP contribution in [0.4, 0.5) is 0 Å². The first-order valence-electron chi connectivity index (χ1n) is 5.87. The lowest BCUT2D eigenvalue weighted by Gasteiger charge is -2.30. The number of nitrogens with one attached hydrogen (secondary N) is 1. The molecule has 0 amide bonds. The smallest absolute Gasteiger partial charge is 0.0768 e. The van der Waals surface area contributed by atoms with E-state index in [-0.39, 0.29) is 0 Å². The zero-order valence-corrected chi connectivity index (χ0v) is 10.4. The molecule has 0 rings (SSSR count). The summed E-state index contributed by atoms with van der Waals surface area (Å²) in [7, 11) is 0. The molecule has 0 aliphatic heterocycles. The van der Waals surface area contributed by atoms with Gasteiger partial charge in [0.25, 0.3) is 0 Å². The molecule has 0 aromatic rings. The van der Waals surface area contributed by atoms with Gasteiger partial charge in [-0.1, -0.05) is 40.5 Å². The normalized spacial score (nSPS) is 20.1. The third-order valence-electron chi connectivity index (χ3n) is 3.35. The molecule has 0 fully saturated rings. The van der Waals surface area contributed by atoms with Gasteiger partial charge in [0.2, 0.25) is 0 Å². The Morgan fingerprint density at radius 1 is 1.21 bits per heavy atom. The molecule has 0 aromatic carbocycles. The summed E-state index contributed by atoms with van der Waals surface area (Å²) in [5, 5.41) is 13.4. The summed E-state index contributed by atoms with van der Waals surface area (Å²) in [6.45, 7) is 12.3. The van der Waals surface area contributed by atoms with E-state index in [4.69, 9.17) is 0 Å². The van der Waals surface area contributed by atoms with Crippen LogP contribution in [0, 0.1) is 11.8 Å². The van der Waals surface area contributed by atoms with E-state index in [0.717, 1.165) is 13.0 Å². The van der Waals surface area contributed by atoms with Crippen LogP contribution in [0.2, 0.25) is 0 Å². The van der Waals surface area contributed by atoms with Gasteiger partial charge >= 0.3 is 0 Å². The van der Waals surface area contributed by atoms with Gasteiger partial charge in [-0.25, -0.2) is 0 Å². The van der Waals surface area contributed by atoms with Crippen LogP contribution in [-0.2, 0) is 0 Å². The highest BCUT2D eigenvalue weighted by Gasteiger charge is 2.26. The molecule has 3 atom stereocenters. The zero-order valence-electron chi connectivity index (χ0n) is 10.4. The topological polar surface area (TPSA) is 32.3 Å². The second kappa shape index (κ2) is 6.41. The number of rotatable bonds is 7. The van der Waals surface area contributed by atoms with Crippen molar-refractivity contribution < 1.29 is 5.11 Å². The van der Waals surface area contributed by atoms with Crippen LogP contribution in [-0.4, -0.2) is 23.8 Å². The maximum Gasteiger partial charge on any atom is 0.0768 e. The van der Waals surface area contributed by atoms with Crippen LogP contribution >= 0.6 is 0 Å². The number of aliphatic hydroxyl groups is 1. The monoisotopic (exact) mass is 201 g/mol. The van der Waals surface area contributed by atoms with Gasteiger partial charge in [-0.2, -0.15) is 0 Å². The van der Waals surface area contributed by atoms with Crippen LogP contribution in [0.1, 0.15) is 47.5 Å². The Bertz CT molecular complexity index is 145. The van der Waals surface area contributed by atoms with E-state index in [0.29, 0.717) is 18.4 Å². The Balaban J connectivity index is 3.76. The second-order valence-corrected chi connectivity index (χ2v) is 4.81. The van der Waals surface area contributed by atoms with Crippen molar-refractivity contribution in [3.05, 3.63) is 0 Å². The van der Waals surface area contributed by atoms with Gasteiger partial charge in [0, 0.05) is 6.54 Å². The third kappa shape index (κ3) is 4.97. The Kier molecular flexibility index (Phi) is 6.38. The predicted molar refractivity (Wildman–Crippen MR) is 62.4 cm³/mol. The van der Waals surface area contributed by atoms with Crippen LogP contribution < -0.4 is 5.32 Å². The minimum atomic E-state index is -0.567. The fourth-order valence-corrected chi connectivity index (χ4v) is 1.33. The molecule has 14 heavy (non-hydrogen) atoms. The van der Waals surface area contributed by atoms with Crippen molar-refractivity contribution in [1.29, 1.82) is 0 Å². The molecule has 0 saturated heterocycles. The molecule has 0 saturated carbocycles. The van der Waals surface area contributed by atoms with E-state index in [1.807, 2.05) is 6.92 Å². The van der Waals surface area contributed by atoms with Crippen molar-refractivity contribution in [3.8, 4) is 0 Å². The van der Waals surface area contributed by atoms with E-state index in [1.54, 1.807) is 0 Å². The lowest BCUT2D eigenvalue weighted by atomic mass is 9.88. The first-order chi connectivity index (χ1) is 6.44. The Labute approximate surface area is 89.1 Å². The molecule has 86 valence electrons. The van der Waals surface area contributed by atoms with Gasteiger partial charge in [0.05, 0.1) is 5.60 Å². The molecule has 0 aliphatic carbocycles. The summed E-state index contributed by atoms with van der Waals surface area (Å²) in [5.41, 5.74) is -0.567. The molecule has 0 bridgehead atoms. The van der Waals surface area contributed by atoms with Crippen molar-refractivity contribution in [3.63, 3.8) is 0 Å². The summed E-state index contributed by atoms with van der Waals surface area (Å²) in [5.74, 6) is 1.05. The second-order valence-electron chi connectivity index (χ2n) is 4.81. The van der Waals surface area contributed by atoms with E-state index >= 15 is 0 Å². The van der Waals surface area contributed by atoms with Crippen molar-refractivity contribution >= 4 is 0 Å². The molecule has 0 heterocycles. The predicted octanol–water partition coefficient (Wildman–Crippen LogP) is 2.42. The summed E-state index contributed by atoms with van der Waals surface area (Å²) in [4.78, 5) is 0. The molecule has 3 unspecified atom stereocenters. The Morgan fingerprint density at radius 2 is 1.79 bits per heavy atom. The lowest BCUT2D eigenvalue weighted by Crippen LogP contribution is -2.44. The van der Waals surface area contributed by atoms with Crippen LogP contribution in [0.15, 0.2) is 0 Å². The summed E-state index contributed by atoms with van der Waals surface area (Å²) in [6, 6.07) is 0. The average molecular weight is 201 g/mol. The number of hydrogen-bond donors (Lipinski definition) is 2. The van der Waals surface area contributed by atoms with E-state index in [9.17, 15) is 5.11 Å². The average Bonchev–Trinajstić information content (AvgIpc) is 2.15. The van der Waals surface area contributed by atoms with Crippen molar-refractivity contribution in [1.82, 2.24) is 5.32 Å². The van der Waals surface area contributed by atoms with Gasteiger partial charge < -0.3 is 10.4 Å². The minimum absolute atomic E-state index is 0.354. The van der Waals surface area contributed by atoms with Gasteiger partial charge in [-0.15, -0.1) is 0 Å². The van der Waals surface area contributed by atoms with Gasteiger partial charge in [0.1, 0.15) is 0 Å². The molecule has 0 aliphatic rings. The standard InChI is InChI=1S/C12H27NO/c1-6-10(3)8-13-9-12(5,14)11(4)7-2/h10-11,13-14H,6-9H2,1-5H3. The molecular formula is C12H27NO. The highest BCUT2D eigenvalue weighted by molar-refractivity contribution is 4.80. The zero-order chi connectivity index (χ0) is 11.2. The Hall–Kier alpha value is -0.0800. The molecule has 2 heteroatoms. The molecular weight excluding hydrogens is 174 g/mol. The molecule has 0 radical (unpaired) electrons. The Morgan fingerprint density at radius 3 is 2.21 bits per heavy atom. The SMILES string of the molecule is CCC(C)CNCC(C)(O)C(C)CC. The largest absolute Gasteiger partial charge is 0.389 e. The van der Waals surface area contributed by atoms with Gasteiger partial charge in [0.15, 0.2) is 0 Å². The first-order valence-corrected chi connectivity index (χ1v) is 5.87. The maximum absolute atomic E-state index is 10.1. The van der Waals surface area contributed by atoms with Crippen LogP contribution in [0.25, 0.3) is 0 Å². The van der Waals surface area contributed by atoms with Gasteiger partial charge in [-0.3, -0.25) is 0 Å². The molecule has 2 N–H and O–H groups in total. The third-order valence-corrected chi connectivity index (χ3v) is 3.35. The summed E-state index contributed by atoms with van der Waals surface area (Å²) < 4.78 is 0. The molecule has 2 nitrogen and oxygen atoms in total. The maximum atomic E-state index is 10.1. The van der Waals surface area contributed by atoms with Crippen LogP contribution in [0.3, 0.4) is 0 Å². The number of hydrogen-bond acceptors (Lipinski definition) is 2. The minimum Gasteiger partial charge on any atom is -0.389 e. The van der Waals surface area contributed by atoms with E-state index < -0.39 is 5.60 Å². The first kappa shape index (κ1) is 13.9.